The molecule has 1 aromatic rings. The summed E-state index contributed by atoms with van der Waals surface area (Å²) >= 11 is 0. The Morgan fingerprint density at radius 3 is 2.94 bits per heavy atom. The summed E-state index contributed by atoms with van der Waals surface area (Å²) in [5.41, 5.74) is 1.19. The maximum absolute atomic E-state index is 9.66. The van der Waals surface area contributed by atoms with E-state index >= 15 is 0 Å². The lowest BCUT2D eigenvalue weighted by Gasteiger charge is -2.14. The SMILES string of the molecule is CC(C)CC(O)CNc1ccnc(C#N)c1. The molecular formula is C12H17N3O. The van der Waals surface area contributed by atoms with E-state index in [-0.39, 0.29) is 6.10 Å². The van der Waals surface area contributed by atoms with E-state index < -0.39 is 0 Å². The molecule has 0 bridgehead atoms. The Balaban J connectivity index is 2.45. The zero-order valence-corrected chi connectivity index (χ0v) is 9.64. The number of nitriles is 1. The molecule has 2 N–H and O–H groups in total. The third-order valence-electron chi connectivity index (χ3n) is 2.16. The van der Waals surface area contributed by atoms with Gasteiger partial charge >= 0.3 is 0 Å². The van der Waals surface area contributed by atoms with E-state index in [1.807, 2.05) is 6.07 Å². The van der Waals surface area contributed by atoms with Crippen molar-refractivity contribution in [3.05, 3.63) is 24.0 Å². The highest BCUT2D eigenvalue weighted by molar-refractivity contribution is 5.45. The van der Waals surface area contributed by atoms with E-state index in [1.54, 1.807) is 18.3 Å². The van der Waals surface area contributed by atoms with Crippen LogP contribution in [0.2, 0.25) is 0 Å². The van der Waals surface area contributed by atoms with E-state index in [9.17, 15) is 5.11 Å². The number of aliphatic hydroxyl groups is 1. The van der Waals surface area contributed by atoms with Crippen LogP contribution in [0.3, 0.4) is 0 Å². The lowest BCUT2D eigenvalue weighted by Crippen LogP contribution is -2.21. The van der Waals surface area contributed by atoms with Crippen LogP contribution in [0.5, 0.6) is 0 Å². The molecule has 86 valence electrons. The monoisotopic (exact) mass is 219 g/mol. The summed E-state index contributed by atoms with van der Waals surface area (Å²) < 4.78 is 0. The van der Waals surface area contributed by atoms with Crippen LogP contribution in [-0.4, -0.2) is 22.7 Å². The lowest BCUT2D eigenvalue weighted by molar-refractivity contribution is 0.161. The summed E-state index contributed by atoms with van der Waals surface area (Å²) in [6, 6.07) is 5.42. The van der Waals surface area contributed by atoms with Gasteiger partial charge in [0, 0.05) is 18.4 Å². The van der Waals surface area contributed by atoms with Gasteiger partial charge in [-0.1, -0.05) is 13.8 Å². The van der Waals surface area contributed by atoms with Crippen LogP contribution in [0.1, 0.15) is 26.0 Å². The molecule has 1 unspecified atom stereocenters. The van der Waals surface area contributed by atoms with Gasteiger partial charge in [0.2, 0.25) is 0 Å². The molecule has 0 saturated carbocycles. The van der Waals surface area contributed by atoms with E-state index in [0.717, 1.165) is 12.1 Å². The third-order valence-corrected chi connectivity index (χ3v) is 2.16. The molecule has 4 heteroatoms. The number of aliphatic hydroxyl groups excluding tert-OH is 1. The number of hydrogen-bond acceptors (Lipinski definition) is 4. The Kier molecular flexibility index (Phi) is 4.74. The maximum atomic E-state index is 9.66. The Labute approximate surface area is 95.9 Å². The second-order valence-electron chi connectivity index (χ2n) is 4.21. The predicted octanol–water partition coefficient (Wildman–Crippen LogP) is 1.77. The Morgan fingerprint density at radius 1 is 1.56 bits per heavy atom. The maximum Gasteiger partial charge on any atom is 0.142 e. The van der Waals surface area contributed by atoms with E-state index in [0.29, 0.717) is 18.2 Å². The van der Waals surface area contributed by atoms with Crippen molar-refractivity contribution in [3.8, 4) is 6.07 Å². The molecule has 0 fully saturated rings. The van der Waals surface area contributed by atoms with Crippen LogP contribution >= 0.6 is 0 Å². The normalized spacial score (nSPS) is 12.2. The molecule has 1 heterocycles. The van der Waals surface area contributed by atoms with Gasteiger partial charge in [-0.25, -0.2) is 4.98 Å². The minimum Gasteiger partial charge on any atom is -0.391 e. The van der Waals surface area contributed by atoms with Gasteiger partial charge in [0.1, 0.15) is 11.8 Å². The Morgan fingerprint density at radius 2 is 2.31 bits per heavy atom. The first-order chi connectivity index (χ1) is 7.61. The highest BCUT2D eigenvalue weighted by Crippen LogP contribution is 2.09. The van der Waals surface area contributed by atoms with E-state index in [2.05, 4.69) is 24.1 Å². The van der Waals surface area contributed by atoms with Gasteiger partial charge in [0.25, 0.3) is 0 Å². The molecule has 16 heavy (non-hydrogen) atoms. The van der Waals surface area contributed by atoms with Crippen LogP contribution in [-0.2, 0) is 0 Å². The first-order valence-corrected chi connectivity index (χ1v) is 5.40. The van der Waals surface area contributed by atoms with E-state index in [1.165, 1.54) is 0 Å². The fourth-order valence-corrected chi connectivity index (χ4v) is 1.46. The number of anilines is 1. The van der Waals surface area contributed by atoms with Gasteiger partial charge in [-0.05, 0) is 24.5 Å². The number of nitrogens with zero attached hydrogens (tertiary/aromatic N) is 2. The molecule has 1 atom stereocenters. The Hall–Kier alpha value is -1.60. The van der Waals surface area contributed by atoms with Gasteiger partial charge in [0.15, 0.2) is 0 Å². The summed E-state index contributed by atoms with van der Waals surface area (Å²) in [5.74, 6) is 0.476. The van der Waals surface area contributed by atoms with E-state index in [4.69, 9.17) is 5.26 Å². The first-order valence-electron chi connectivity index (χ1n) is 5.40. The van der Waals surface area contributed by atoms with Crippen molar-refractivity contribution in [2.45, 2.75) is 26.4 Å². The molecule has 4 nitrogen and oxygen atoms in total. The van der Waals surface area contributed by atoms with Gasteiger partial charge in [-0.15, -0.1) is 0 Å². The average molecular weight is 219 g/mol. The fraction of sp³-hybridized carbons (Fsp3) is 0.500. The van der Waals surface area contributed by atoms with Gasteiger partial charge in [0.05, 0.1) is 6.10 Å². The minimum atomic E-state index is -0.362. The van der Waals surface area contributed by atoms with Crippen molar-refractivity contribution >= 4 is 5.69 Å². The number of aromatic nitrogens is 1. The number of pyridine rings is 1. The molecule has 0 spiro atoms. The van der Waals surface area contributed by atoms with Gasteiger partial charge in [-0.3, -0.25) is 0 Å². The highest BCUT2D eigenvalue weighted by atomic mass is 16.3. The molecule has 0 aromatic carbocycles. The smallest absolute Gasteiger partial charge is 0.142 e. The minimum absolute atomic E-state index is 0.362. The number of rotatable bonds is 5. The standard InChI is InChI=1S/C12H17N3O/c1-9(2)5-12(16)8-15-10-3-4-14-11(6-10)7-13/h3-4,6,9,12,16H,5,8H2,1-2H3,(H,14,15). The molecule has 0 aliphatic carbocycles. The fourth-order valence-electron chi connectivity index (χ4n) is 1.46. The topological polar surface area (TPSA) is 68.9 Å². The van der Waals surface area contributed by atoms with Crippen molar-refractivity contribution < 1.29 is 5.11 Å². The molecular weight excluding hydrogens is 202 g/mol. The molecule has 0 aliphatic heterocycles. The van der Waals surface area contributed by atoms with Crippen molar-refractivity contribution in [1.82, 2.24) is 4.98 Å². The summed E-state index contributed by atoms with van der Waals surface area (Å²) in [7, 11) is 0. The molecule has 1 aromatic heterocycles. The van der Waals surface area contributed by atoms with Crippen molar-refractivity contribution in [2.75, 3.05) is 11.9 Å². The van der Waals surface area contributed by atoms with Crippen LogP contribution in [0.25, 0.3) is 0 Å². The van der Waals surface area contributed by atoms with Crippen molar-refractivity contribution in [3.63, 3.8) is 0 Å². The van der Waals surface area contributed by atoms with Crippen LogP contribution in [0.4, 0.5) is 5.69 Å². The lowest BCUT2D eigenvalue weighted by atomic mass is 10.1. The second-order valence-corrected chi connectivity index (χ2v) is 4.21. The average Bonchev–Trinajstić information content (AvgIpc) is 2.26. The molecule has 0 saturated heterocycles. The molecule has 0 amide bonds. The molecule has 0 aliphatic rings. The summed E-state index contributed by atoms with van der Waals surface area (Å²) in [4.78, 5) is 3.87. The van der Waals surface area contributed by atoms with Crippen LogP contribution in [0.15, 0.2) is 18.3 Å². The van der Waals surface area contributed by atoms with Crippen LogP contribution < -0.4 is 5.32 Å². The number of hydrogen-bond donors (Lipinski definition) is 2. The zero-order valence-electron chi connectivity index (χ0n) is 9.64. The quantitative estimate of drug-likeness (QED) is 0.792. The summed E-state index contributed by atoms with van der Waals surface area (Å²) in [6.07, 6.45) is 1.98. The van der Waals surface area contributed by atoms with Gasteiger partial charge in [-0.2, -0.15) is 5.26 Å². The van der Waals surface area contributed by atoms with Crippen molar-refractivity contribution in [2.24, 2.45) is 5.92 Å². The van der Waals surface area contributed by atoms with Gasteiger partial charge < -0.3 is 10.4 Å². The summed E-state index contributed by atoms with van der Waals surface area (Å²) in [6.45, 7) is 4.64. The van der Waals surface area contributed by atoms with Crippen LogP contribution in [0, 0.1) is 17.2 Å². The zero-order chi connectivity index (χ0) is 12.0. The van der Waals surface area contributed by atoms with Crippen molar-refractivity contribution in [1.29, 1.82) is 5.26 Å². The molecule has 0 radical (unpaired) electrons. The number of nitrogens with one attached hydrogen (secondary N) is 1. The predicted molar refractivity (Wildman–Crippen MR) is 62.9 cm³/mol. The largest absolute Gasteiger partial charge is 0.391 e. The first kappa shape index (κ1) is 12.5. The highest BCUT2D eigenvalue weighted by Gasteiger charge is 2.06. The third kappa shape index (κ3) is 4.28. The summed E-state index contributed by atoms with van der Waals surface area (Å²) in [5, 5.41) is 21.4. The second kappa shape index (κ2) is 6.09. The molecule has 1 rings (SSSR count). The Bertz CT molecular complexity index is 371.